The Hall–Kier alpha value is -4.47. The van der Waals surface area contributed by atoms with E-state index < -0.39 is 45.7 Å². The number of benzene rings is 2. The van der Waals surface area contributed by atoms with Crippen LogP contribution in [0.5, 0.6) is 23.0 Å². The van der Waals surface area contributed by atoms with Gasteiger partial charge in [0.15, 0.2) is 22.7 Å². The molecule has 1 amide bonds. The highest BCUT2D eigenvalue weighted by Gasteiger charge is 2.19. The van der Waals surface area contributed by atoms with Crippen molar-refractivity contribution in [3.05, 3.63) is 62.8 Å². The van der Waals surface area contributed by atoms with Crippen molar-refractivity contribution >= 4 is 33.5 Å². The van der Waals surface area contributed by atoms with Crippen molar-refractivity contribution in [2.75, 3.05) is 5.32 Å². The van der Waals surface area contributed by atoms with Gasteiger partial charge in [0.1, 0.15) is 11.3 Å². The van der Waals surface area contributed by atoms with Crippen molar-refractivity contribution in [2.24, 2.45) is 0 Å². The monoisotopic (exact) mass is 397 g/mol. The van der Waals surface area contributed by atoms with Gasteiger partial charge in [0.2, 0.25) is 11.5 Å². The maximum absolute atomic E-state index is 12.5. The number of rotatable bonds is 2. The van der Waals surface area contributed by atoms with Gasteiger partial charge in [0.05, 0.1) is 0 Å². The number of carbonyl (C=O) groups is 1. The zero-order valence-electron chi connectivity index (χ0n) is 14.3. The Morgan fingerprint density at radius 2 is 1.28 bits per heavy atom. The summed E-state index contributed by atoms with van der Waals surface area (Å²) in [5.41, 5.74) is -3.49. The summed E-state index contributed by atoms with van der Waals surface area (Å²) in [5, 5.41) is 41.0. The van der Waals surface area contributed by atoms with E-state index in [2.05, 4.69) is 5.32 Å². The smallest absolute Gasteiger partial charge is 0.360 e. The highest BCUT2D eigenvalue weighted by molar-refractivity contribution is 6.06. The quantitative estimate of drug-likeness (QED) is 0.250. The van der Waals surface area contributed by atoms with Crippen molar-refractivity contribution in [1.29, 1.82) is 0 Å². The van der Waals surface area contributed by atoms with E-state index in [0.717, 1.165) is 12.1 Å². The van der Waals surface area contributed by atoms with Crippen LogP contribution in [-0.2, 0) is 0 Å². The van der Waals surface area contributed by atoms with E-state index in [1.165, 1.54) is 24.3 Å². The van der Waals surface area contributed by atoms with Gasteiger partial charge in [0.25, 0.3) is 5.91 Å². The van der Waals surface area contributed by atoms with Gasteiger partial charge < -0.3 is 34.6 Å². The van der Waals surface area contributed by atoms with Crippen LogP contribution < -0.4 is 16.6 Å². The molecule has 29 heavy (non-hydrogen) atoms. The zero-order chi connectivity index (χ0) is 20.9. The van der Waals surface area contributed by atoms with Gasteiger partial charge in [-0.3, -0.25) is 4.79 Å². The molecular formula is C19H11NO9. The lowest BCUT2D eigenvalue weighted by Crippen LogP contribution is -2.23. The van der Waals surface area contributed by atoms with Crippen LogP contribution in [0.15, 0.2) is 54.8 Å². The van der Waals surface area contributed by atoms with Crippen LogP contribution in [0.2, 0.25) is 0 Å². The second kappa shape index (κ2) is 6.30. The standard InChI is InChI=1S/C19H11NO9/c21-11-3-1-7-5-9(18(26)28-15(7)13(11)23)17(25)20-10-6-8-2-4-12(22)14(24)16(8)29-19(10)27/h1-6,21-24H,(H,20,25). The number of amides is 1. The van der Waals surface area contributed by atoms with Crippen molar-refractivity contribution < 1.29 is 34.1 Å². The molecule has 0 unspecified atom stereocenters. The van der Waals surface area contributed by atoms with E-state index in [4.69, 9.17) is 8.83 Å². The number of fused-ring (bicyclic) bond motifs is 2. The lowest BCUT2D eigenvalue weighted by atomic mass is 10.1. The summed E-state index contributed by atoms with van der Waals surface area (Å²) in [4.78, 5) is 36.7. The average molecular weight is 397 g/mol. The van der Waals surface area contributed by atoms with Gasteiger partial charge in [-0.1, -0.05) is 0 Å². The molecule has 0 aliphatic rings. The van der Waals surface area contributed by atoms with Crippen LogP contribution in [0.1, 0.15) is 10.4 Å². The molecule has 0 atom stereocenters. The zero-order valence-corrected chi connectivity index (χ0v) is 14.3. The third-order valence-corrected chi connectivity index (χ3v) is 4.20. The van der Waals surface area contributed by atoms with Gasteiger partial charge in [-0.05, 0) is 36.4 Å². The lowest BCUT2D eigenvalue weighted by Gasteiger charge is -2.07. The fourth-order valence-electron chi connectivity index (χ4n) is 2.75. The Balaban J connectivity index is 1.77. The molecule has 0 aliphatic carbocycles. The number of carbonyl (C=O) groups excluding carboxylic acids is 1. The Morgan fingerprint density at radius 3 is 1.86 bits per heavy atom. The molecule has 0 saturated heterocycles. The normalized spacial score (nSPS) is 11.0. The SMILES string of the molecule is O=C(Nc1cc2ccc(O)c(O)c2oc1=O)c1cc2ccc(O)c(O)c2oc1=O. The minimum Gasteiger partial charge on any atom is -0.504 e. The lowest BCUT2D eigenvalue weighted by molar-refractivity contribution is 0.102. The molecule has 0 spiro atoms. The first-order valence-electron chi connectivity index (χ1n) is 8.05. The predicted octanol–water partition coefficient (Wildman–Crippen LogP) is 1.97. The van der Waals surface area contributed by atoms with Crippen LogP contribution in [-0.4, -0.2) is 26.3 Å². The van der Waals surface area contributed by atoms with E-state index in [-0.39, 0.29) is 27.6 Å². The van der Waals surface area contributed by atoms with Crippen LogP contribution >= 0.6 is 0 Å². The third kappa shape index (κ3) is 2.88. The maximum atomic E-state index is 12.5. The van der Waals surface area contributed by atoms with Crippen LogP contribution in [0.3, 0.4) is 0 Å². The summed E-state index contributed by atoms with van der Waals surface area (Å²) in [6.07, 6.45) is 0. The van der Waals surface area contributed by atoms with E-state index >= 15 is 0 Å². The first-order valence-corrected chi connectivity index (χ1v) is 8.05. The molecule has 2 aromatic heterocycles. The highest BCUT2D eigenvalue weighted by Crippen LogP contribution is 2.34. The van der Waals surface area contributed by atoms with Crippen LogP contribution in [0, 0.1) is 0 Å². The number of hydrogen-bond acceptors (Lipinski definition) is 9. The minimum atomic E-state index is -1.11. The molecule has 0 aliphatic heterocycles. The van der Waals surface area contributed by atoms with E-state index in [9.17, 15) is 34.8 Å². The number of anilines is 1. The van der Waals surface area contributed by atoms with E-state index in [1.54, 1.807) is 0 Å². The summed E-state index contributed by atoms with van der Waals surface area (Å²) in [6, 6.07) is 7.32. The third-order valence-electron chi connectivity index (χ3n) is 4.20. The fraction of sp³-hybridized carbons (Fsp3) is 0. The second-order valence-electron chi connectivity index (χ2n) is 6.05. The minimum absolute atomic E-state index is 0.163. The molecule has 0 bridgehead atoms. The summed E-state index contributed by atoms with van der Waals surface area (Å²) in [7, 11) is 0. The molecule has 146 valence electrons. The van der Waals surface area contributed by atoms with Gasteiger partial charge >= 0.3 is 11.3 Å². The molecule has 2 aromatic carbocycles. The van der Waals surface area contributed by atoms with Crippen molar-refractivity contribution in [3.63, 3.8) is 0 Å². The molecule has 10 nitrogen and oxygen atoms in total. The number of phenolic OH excluding ortho intramolecular Hbond substituents is 4. The molecule has 5 N–H and O–H groups in total. The summed E-state index contributed by atoms with van der Waals surface area (Å²) in [6.45, 7) is 0. The van der Waals surface area contributed by atoms with Gasteiger partial charge in [-0.25, -0.2) is 9.59 Å². The molecule has 4 aromatic rings. The van der Waals surface area contributed by atoms with E-state index in [0.29, 0.717) is 0 Å². The Bertz CT molecular complexity index is 1430. The largest absolute Gasteiger partial charge is 0.504 e. The molecule has 0 saturated carbocycles. The molecule has 0 radical (unpaired) electrons. The first kappa shape index (κ1) is 17.9. The molecule has 0 fully saturated rings. The fourth-order valence-corrected chi connectivity index (χ4v) is 2.75. The number of phenols is 4. The van der Waals surface area contributed by atoms with Crippen LogP contribution in [0.25, 0.3) is 21.9 Å². The highest BCUT2D eigenvalue weighted by atomic mass is 16.4. The van der Waals surface area contributed by atoms with Gasteiger partial charge in [-0.2, -0.15) is 0 Å². The van der Waals surface area contributed by atoms with Crippen molar-refractivity contribution in [2.45, 2.75) is 0 Å². The topological polar surface area (TPSA) is 170 Å². The van der Waals surface area contributed by atoms with Crippen LogP contribution in [0.4, 0.5) is 5.69 Å². The second-order valence-corrected chi connectivity index (χ2v) is 6.05. The summed E-state index contributed by atoms with van der Waals surface area (Å²) in [5.74, 6) is -3.25. The first-order chi connectivity index (χ1) is 13.8. The number of nitrogens with one attached hydrogen (secondary N) is 1. The summed E-state index contributed by atoms with van der Waals surface area (Å²) >= 11 is 0. The summed E-state index contributed by atoms with van der Waals surface area (Å²) < 4.78 is 9.83. The van der Waals surface area contributed by atoms with E-state index in [1.807, 2.05) is 0 Å². The maximum Gasteiger partial charge on any atom is 0.360 e. The van der Waals surface area contributed by atoms with Crippen molar-refractivity contribution in [3.8, 4) is 23.0 Å². The van der Waals surface area contributed by atoms with Crippen molar-refractivity contribution in [1.82, 2.24) is 0 Å². The van der Waals surface area contributed by atoms with Gasteiger partial charge in [0, 0.05) is 10.8 Å². The number of hydrogen-bond donors (Lipinski definition) is 5. The van der Waals surface area contributed by atoms with Gasteiger partial charge in [-0.15, -0.1) is 0 Å². The Morgan fingerprint density at radius 1 is 0.759 bits per heavy atom. The Kier molecular flexibility index (Phi) is 3.89. The molecule has 4 rings (SSSR count). The molecule has 10 heteroatoms. The molecule has 2 heterocycles. The number of aromatic hydroxyl groups is 4. The predicted molar refractivity (Wildman–Crippen MR) is 99.6 cm³/mol. The Labute approximate surface area is 159 Å². The average Bonchev–Trinajstić information content (AvgIpc) is 2.69. The molecular weight excluding hydrogens is 386 g/mol.